The lowest BCUT2D eigenvalue weighted by Crippen LogP contribution is -2.27. The van der Waals surface area contributed by atoms with E-state index in [-0.39, 0.29) is 29.2 Å². The van der Waals surface area contributed by atoms with Crippen molar-refractivity contribution in [3.63, 3.8) is 0 Å². The number of phenolic OH excluding ortho intramolecular Hbond substituents is 1. The Balaban J connectivity index is 1.74. The van der Waals surface area contributed by atoms with Gasteiger partial charge in [-0.1, -0.05) is 0 Å². The van der Waals surface area contributed by atoms with Crippen molar-refractivity contribution in [2.75, 3.05) is 6.79 Å². The van der Waals surface area contributed by atoms with Crippen LogP contribution >= 0.6 is 0 Å². The number of phenols is 1. The maximum absolute atomic E-state index is 14.2. The highest BCUT2D eigenvalue weighted by Gasteiger charge is 2.31. The van der Waals surface area contributed by atoms with Crippen LogP contribution in [0.5, 0.6) is 5.75 Å². The Morgan fingerprint density at radius 1 is 1.25 bits per heavy atom. The van der Waals surface area contributed by atoms with Gasteiger partial charge in [-0.05, 0) is 73.6 Å². The van der Waals surface area contributed by atoms with Crippen LogP contribution < -0.4 is 0 Å². The van der Waals surface area contributed by atoms with Crippen LogP contribution in [0.3, 0.4) is 0 Å². The molecule has 1 heterocycles. The number of aliphatic hydroxyl groups is 1. The minimum atomic E-state index is -0.510. The second kappa shape index (κ2) is 8.97. The first-order chi connectivity index (χ1) is 13.5. The molecule has 2 aromatic rings. The molecule has 0 fully saturated rings. The number of halogens is 1. The molecule has 0 amide bonds. The molecule has 0 bridgehead atoms. The Hall–Kier alpha value is -2.73. The van der Waals surface area contributed by atoms with Gasteiger partial charge in [0.1, 0.15) is 17.3 Å². The van der Waals surface area contributed by atoms with Crippen molar-refractivity contribution < 1.29 is 24.1 Å². The summed E-state index contributed by atoms with van der Waals surface area (Å²) >= 11 is 0. The molecule has 1 aromatic carbocycles. The largest absolute Gasteiger partial charge is 0.508 e. The van der Waals surface area contributed by atoms with Gasteiger partial charge in [0.15, 0.2) is 12.6 Å². The van der Waals surface area contributed by atoms with E-state index in [2.05, 4.69) is 4.98 Å². The number of carbonyl (C=O) groups is 1. The van der Waals surface area contributed by atoms with Crippen LogP contribution in [0, 0.1) is 24.6 Å². The molecule has 0 saturated carbocycles. The van der Waals surface area contributed by atoms with Crippen molar-refractivity contribution in [1.29, 1.82) is 0 Å². The third kappa shape index (κ3) is 4.75. The molecule has 2 atom stereocenters. The summed E-state index contributed by atoms with van der Waals surface area (Å²) in [4.78, 5) is 16.5. The molecular weight excluding hydrogens is 361 g/mol. The zero-order valence-corrected chi connectivity index (χ0v) is 15.8. The molecule has 1 aliphatic carbocycles. The molecule has 2 N–H and O–H groups in total. The molecule has 0 radical (unpaired) electrons. The average Bonchev–Trinajstić information content (AvgIpc) is 2.67. The van der Waals surface area contributed by atoms with Gasteiger partial charge in [-0.2, -0.15) is 0 Å². The van der Waals surface area contributed by atoms with Crippen LogP contribution in [0.4, 0.5) is 4.39 Å². The molecule has 1 aromatic heterocycles. The van der Waals surface area contributed by atoms with Gasteiger partial charge in [-0.3, -0.25) is 9.78 Å². The molecule has 6 heteroatoms. The number of pyridine rings is 1. The van der Waals surface area contributed by atoms with E-state index >= 15 is 0 Å². The number of aromatic hydroxyl groups is 1. The van der Waals surface area contributed by atoms with Crippen molar-refractivity contribution in [3.05, 3.63) is 71.0 Å². The van der Waals surface area contributed by atoms with E-state index in [0.717, 1.165) is 5.56 Å². The Kier molecular flexibility index (Phi) is 6.41. The second-order valence-corrected chi connectivity index (χ2v) is 7.18. The maximum Gasteiger partial charge on any atom is 0.185 e. The van der Waals surface area contributed by atoms with Gasteiger partial charge in [0.25, 0.3) is 0 Å². The molecule has 28 heavy (non-hydrogen) atoms. The third-order valence-electron chi connectivity index (χ3n) is 5.25. The number of ketones is 1. The Bertz CT molecular complexity index is 866. The number of benzene rings is 1. The highest BCUT2D eigenvalue weighted by atomic mass is 19.1. The fourth-order valence-corrected chi connectivity index (χ4v) is 3.66. The predicted octanol–water partition coefficient (Wildman–Crippen LogP) is 3.47. The van der Waals surface area contributed by atoms with Crippen LogP contribution in [-0.2, 0) is 22.4 Å². The first-order valence-electron chi connectivity index (χ1n) is 9.34. The van der Waals surface area contributed by atoms with Gasteiger partial charge >= 0.3 is 0 Å². The summed E-state index contributed by atoms with van der Waals surface area (Å²) in [5.74, 6) is -0.197. The number of aromatic nitrogens is 1. The number of aliphatic hydroxyl groups excluding tert-OH is 1. The standard InChI is InChI=1S/C22H24FNO4/c1-14-8-19(23)16(11-20(14)26)2-3-17-10-18(9-15-4-6-24-7-5-15)21(27)12-22(17)28-13-25/h4-8,11-12,17-18,25-26H,2-3,9-10,13H2,1H3. The van der Waals surface area contributed by atoms with Gasteiger partial charge in [-0.15, -0.1) is 0 Å². The first kappa shape index (κ1) is 20.0. The second-order valence-electron chi connectivity index (χ2n) is 7.18. The minimum absolute atomic E-state index is 0.0318. The topological polar surface area (TPSA) is 79.7 Å². The Morgan fingerprint density at radius 3 is 2.71 bits per heavy atom. The lowest BCUT2D eigenvalue weighted by atomic mass is 9.78. The molecular formula is C22H24FNO4. The van der Waals surface area contributed by atoms with Crippen LogP contribution in [0.15, 0.2) is 48.5 Å². The fourth-order valence-electron chi connectivity index (χ4n) is 3.66. The van der Waals surface area contributed by atoms with E-state index in [9.17, 15) is 14.3 Å². The number of hydrogen-bond acceptors (Lipinski definition) is 5. The molecule has 5 nitrogen and oxygen atoms in total. The maximum atomic E-state index is 14.2. The monoisotopic (exact) mass is 385 g/mol. The van der Waals surface area contributed by atoms with Gasteiger partial charge in [0.05, 0.1) is 0 Å². The van der Waals surface area contributed by atoms with E-state index in [1.165, 1.54) is 18.2 Å². The Labute approximate surface area is 163 Å². The van der Waals surface area contributed by atoms with E-state index < -0.39 is 6.79 Å². The SMILES string of the molecule is Cc1cc(F)c(CCC2CC(Cc3ccncc3)C(=O)C=C2OCO)cc1O. The normalized spacial score (nSPS) is 19.4. The molecule has 0 aliphatic heterocycles. The number of nitrogens with zero attached hydrogens (tertiary/aromatic N) is 1. The zero-order chi connectivity index (χ0) is 20.1. The van der Waals surface area contributed by atoms with Crippen LogP contribution in [0.2, 0.25) is 0 Å². The van der Waals surface area contributed by atoms with Crippen molar-refractivity contribution in [2.45, 2.75) is 32.6 Å². The van der Waals surface area contributed by atoms with Gasteiger partial charge < -0.3 is 14.9 Å². The highest BCUT2D eigenvalue weighted by molar-refractivity contribution is 5.93. The van der Waals surface area contributed by atoms with Crippen molar-refractivity contribution in [2.24, 2.45) is 11.8 Å². The van der Waals surface area contributed by atoms with Crippen molar-refractivity contribution in [3.8, 4) is 5.75 Å². The number of rotatable bonds is 7. The average molecular weight is 385 g/mol. The molecule has 1 aliphatic rings. The number of allylic oxidation sites excluding steroid dienone is 2. The van der Waals surface area contributed by atoms with Crippen molar-refractivity contribution >= 4 is 5.78 Å². The highest BCUT2D eigenvalue weighted by Crippen LogP contribution is 2.34. The number of ether oxygens (including phenoxy) is 1. The molecule has 0 spiro atoms. The third-order valence-corrected chi connectivity index (χ3v) is 5.25. The summed E-state index contributed by atoms with van der Waals surface area (Å²) in [5.41, 5.74) is 1.95. The van der Waals surface area contributed by atoms with E-state index in [0.29, 0.717) is 42.6 Å². The van der Waals surface area contributed by atoms with Crippen LogP contribution in [0.25, 0.3) is 0 Å². The number of hydrogen-bond donors (Lipinski definition) is 2. The van der Waals surface area contributed by atoms with E-state index in [1.54, 1.807) is 19.3 Å². The smallest absolute Gasteiger partial charge is 0.185 e. The summed E-state index contributed by atoms with van der Waals surface area (Å²) in [7, 11) is 0. The van der Waals surface area contributed by atoms with E-state index in [1.807, 2.05) is 12.1 Å². The first-order valence-corrected chi connectivity index (χ1v) is 9.34. The van der Waals surface area contributed by atoms with Gasteiger partial charge in [0, 0.05) is 30.3 Å². The summed E-state index contributed by atoms with van der Waals surface area (Å²) < 4.78 is 19.5. The summed E-state index contributed by atoms with van der Waals surface area (Å²) in [5, 5.41) is 19.0. The fraction of sp³-hybridized carbons (Fsp3) is 0.364. The predicted molar refractivity (Wildman–Crippen MR) is 102 cm³/mol. The van der Waals surface area contributed by atoms with Crippen molar-refractivity contribution in [1.82, 2.24) is 4.98 Å². The van der Waals surface area contributed by atoms with Gasteiger partial charge in [0.2, 0.25) is 0 Å². The minimum Gasteiger partial charge on any atom is -0.508 e. The number of aryl methyl sites for hydroxylation is 2. The quantitative estimate of drug-likeness (QED) is 0.714. The number of carbonyl (C=O) groups excluding carboxylic acids is 1. The summed E-state index contributed by atoms with van der Waals surface area (Å²) in [6, 6.07) is 6.54. The lowest BCUT2D eigenvalue weighted by Gasteiger charge is -2.28. The lowest BCUT2D eigenvalue weighted by molar-refractivity contribution is -0.120. The van der Waals surface area contributed by atoms with Crippen LogP contribution in [-0.4, -0.2) is 27.8 Å². The molecule has 148 valence electrons. The molecule has 0 saturated heterocycles. The van der Waals surface area contributed by atoms with Gasteiger partial charge in [-0.25, -0.2) is 4.39 Å². The zero-order valence-electron chi connectivity index (χ0n) is 15.8. The molecule has 2 unspecified atom stereocenters. The Morgan fingerprint density at radius 2 is 2.00 bits per heavy atom. The molecule has 3 rings (SSSR count). The summed E-state index contributed by atoms with van der Waals surface area (Å²) in [6.07, 6.45) is 6.95. The summed E-state index contributed by atoms with van der Waals surface area (Å²) in [6.45, 7) is 1.14. The van der Waals surface area contributed by atoms with E-state index in [4.69, 9.17) is 9.84 Å². The van der Waals surface area contributed by atoms with Crippen LogP contribution in [0.1, 0.15) is 29.5 Å².